The van der Waals surface area contributed by atoms with Gasteiger partial charge in [0.25, 0.3) is 0 Å². The number of piperidine rings is 1. The van der Waals surface area contributed by atoms with E-state index < -0.39 is 0 Å². The van der Waals surface area contributed by atoms with Gasteiger partial charge in [-0.25, -0.2) is 0 Å². The minimum Gasteiger partial charge on any atom is -0.329 e. The van der Waals surface area contributed by atoms with Crippen molar-refractivity contribution in [3.05, 3.63) is 18.0 Å². The van der Waals surface area contributed by atoms with Crippen LogP contribution < -0.4 is 11.1 Å². The lowest BCUT2D eigenvalue weighted by molar-refractivity contribution is 0.367. The lowest BCUT2D eigenvalue weighted by atomic mass is 9.88. The Kier molecular flexibility index (Phi) is 2.84. The second kappa shape index (κ2) is 4.11. The van der Waals surface area contributed by atoms with Crippen molar-refractivity contribution >= 4 is 0 Å². The van der Waals surface area contributed by atoms with Gasteiger partial charge >= 0.3 is 0 Å². The highest BCUT2D eigenvalue weighted by atomic mass is 15.2. The number of nitrogens with zero attached hydrogens (tertiary/aromatic N) is 2. The molecule has 0 saturated carbocycles. The first-order valence-electron chi connectivity index (χ1n) is 5.21. The molecule has 4 nitrogen and oxygen atoms in total. The van der Waals surface area contributed by atoms with Gasteiger partial charge in [-0.3, -0.25) is 4.68 Å². The van der Waals surface area contributed by atoms with Crippen molar-refractivity contribution < 1.29 is 0 Å². The summed E-state index contributed by atoms with van der Waals surface area (Å²) in [4.78, 5) is 0. The van der Waals surface area contributed by atoms with Crippen LogP contribution in [0.2, 0.25) is 0 Å². The summed E-state index contributed by atoms with van der Waals surface area (Å²) < 4.78 is 1.87. The van der Waals surface area contributed by atoms with E-state index in [0.29, 0.717) is 12.0 Å². The summed E-state index contributed by atoms with van der Waals surface area (Å²) in [6, 6.07) is 0.481. The van der Waals surface area contributed by atoms with Gasteiger partial charge in [-0.15, -0.1) is 0 Å². The summed E-state index contributed by atoms with van der Waals surface area (Å²) in [5, 5.41) is 7.63. The van der Waals surface area contributed by atoms with Gasteiger partial charge in [0.2, 0.25) is 0 Å². The van der Waals surface area contributed by atoms with Crippen molar-refractivity contribution in [3.63, 3.8) is 0 Å². The molecular formula is C10H18N4. The number of hydrogen-bond donors (Lipinski definition) is 2. The molecule has 0 aliphatic carbocycles. The Morgan fingerprint density at radius 2 is 2.57 bits per heavy atom. The molecule has 2 atom stereocenters. The van der Waals surface area contributed by atoms with Gasteiger partial charge in [0.05, 0.1) is 6.20 Å². The zero-order valence-electron chi connectivity index (χ0n) is 8.61. The molecule has 2 heterocycles. The first-order chi connectivity index (χ1) is 6.79. The number of hydrogen-bond acceptors (Lipinski definition) is 3. The van der Waals surface area contributed by atoms with Crippen molar-refractivity contribution in [2.45, 2.75) is 24.8 Å². The molecule has 1 aliphatic heterocycles. The maximum absolute atomic E-state index is 5.67. The number of nitrogens with two attached hydrogens (primary N) is 1. The zero-order valence-corrected chi connectivity index (χ0v) is 8.61. The summed E-state index contributed by atoms with van der Waals surface area (Å²) >= 11 is 0. The molecule has 0 amide bonds. The normalized spacial score (nSPS) is 27.9. The summed E-state index contributed by atoms with van der Waals surface area (Å²) in [5.74, 6) is 0.637. The van der Waals surface area contributed by atoms with Crippen LogP contribution in [0, 0.1) is 0 Å². The lowest BCUT2D eigenvalue weighted by Gasteiger charge is -2.28. The van der Waals surface area contributed by atoms with Crippen LogP contribution in [0.4, 0.5) is 0 Å². The van der Waals surface area contributed by atoms with Crippen molar-refractivity contribution in [2.24, 2.45) is 12.8 Å². The zero-order chi connectivity index (χ0) is 9.97. The number of aromatic nitrogens is 2. The molecule has 2 unspecified atom stereocenters. The second-order valence-electron chi connectivity index (χ2n) is 4.06. The Balaban J connectivity index is 2.04. The van der Waals surface area contributed by atoms with Crippen LogP contribution in [-0.2, 0) is 7.05 Å². The van der Waals surface area contributed by atoms with Crippen molar-refractivity contribution in [3.8, 4) is 0 Å². The molecule has 0 bridgehead atoms. The number of nitrogens with one attached hydrogen (secondary N) is 1. The van der Waals surface area contributed by atoms with Crippen LogP contribution >= 0.6 is 0 Å². The molecule has 4 heteroatoms. The molecule has 0 aromatic carbocycles. The highest BCUT2D eigenvalue weighted by Gasteiger charge is 2.22. The van der Waals surface area contributed by atoms with E-state index in [1.807, 2.05) is 17.9 Å². The predicted molar refractivity (Wildman–Crippen MR) is 56.0 cm³/mol. The van der Waals surface area contributed by atoms with Crippen molar-refractivity contribution in [2.75, 3.05) is 13.1 Å². The molecule has 2 rings (SSSR count). The van der Waals surface area contributed by atoms with Gasteiger partial charge in [0.1, 0.15) is 0 Å². The van der Waals surface area contributed by atoms with Crippen LogP contribution in [0.3, 0.4) is 0 Å². The third-order valence-corrected chi connectivity index (χ3v) is 2.98. The second-order valence-corrected chi connectivity index (χ2v) is 4.06. The van der Waals surface area contributed by atoms with Gasteiger partial charge in [-0.1, -0.05) is 0 Å². The van der Waals surface area contributed by atoms with E-state index in [9.17, 15) is 0 Å². The van der Waals surface area contributed by atoms with Gasteiger partial charge in [-0.05, 0) is 30.9 Å². The smallest absolute Gasteiger partial charge is 0.0524 e. The summed E-state index contributed by atoms with van der Waals surface area (Å²) in [7, 11) is 1.96. The van der Waals surface area contributed by atoms with Crippen LogP contribution in [0.1, 0.15) is 24.3 Å². The Bertz CT molecular complexity index is 294. The van der Waals surface area contributed by atoms with Gasteiger partial charge < -0.3 is 11.1 Å². The molecular weight excluding hydrogens is 176 g/mol. The Morgan fingerprint density at radius 3 is 3.21 bits per heavy atom. The molecule has 1 saturated heterocycles. The fourth-order valence-electron chi connectivity index (χ4n) is 2.14. The number of aryl methyl sites for hydroxylation is 1. The largest absolute Gasteiger partial charge is 0.329 e. The van der Waals surface area contributed by atoms with Crippen LogP contribution in [0.25, 0.3) is 0 Å². The van der Waals surface area contributed by atoms with Crippen molar-refractivity contribution in [1.82, 2.24) is 15.1 Å². The minimum absolute atomic E-state index is 0.481. The highest BCUT2D eigenvalue weighted by molar-refractivity contribution is 5.13. The van der Waals surface area contributed by atoms with E-state index in [2.05, 4.69) is 16.6 Å². The molecule has 1 fully saturated rings. The molecule has 0 radical (unpaired) electrons. The maximum atomic E-state index is 5.67. The van der Waals surface area contributed by atoms with Crippen LogP contribution in [0.15, 0.2) is 12.4 Å². The first kappa shape index (κ1) is 9.68. The number of rotatable bonds is 2. The van der Waals surface area contributed by atoms with Crippen LogP contribution in [-0.4, -0.2) is 28.9 Å². The third-order valence-electron chi connectivity index (χ3n) is 2.98. The summed E-state index contributed by atoms with van der Waals surface area (Å²) in [5.41, 5.74) is 7.02. The van der Waals surface area contributed by atoms with Gasteiger partial charge in [0.15, 0.2) is 0 Å². The molecule has 1 aliphatic rings. The van der Waals surface area contributed by atoms with E-state index in [4.69, 9.17) is 5.73 Å². The molecule has 78 valence electrons. The first-order valence-corrected chi connectivity index (χ1v) is 5.21. The average molecular weight is 194 g/mol. The third kappa shape index (κ3) is 1.96. The Labute approximate surface area is 84.5 Å². The highest BCUT2D eigenvalue weighted by Crippen LogP contribution is 2.26. The fraction of sp³-hybridized carbons (Fsp3) is 0.700. The quantitative estimate of drug-likeness (QED) is 0.708. The van der Waals surface area contributed by atoms with Crippen molar-refractivity contribution in [1.29, 1.82) is 0 Å². The van der Waals surface area contributed by atoms with E-state index in [-0.39, 0.29) is 0 Å². The lowest BCUT2D eigenvalue weighted by Crippen LogP contribution is -2.42. The molecule has 1 aromatic rings. The van der Waals surface area contributed by atoms with Crippen LogP contribution in [0.5, 0.6) is 0 Å². The van der Waals surface area contributed by atoms with E-state index in [0.717, 1.165) is 19.5 Å². The van der Waals surface area contributed by atoms with E-state index in [1.54, 1.807) is 0 Å². The molecule has 0 spiro atoms. The minimum atomic E-state index is 0.481. The Hall–Kier alpha value is -0.870. The monoisotopic (exact) mass is 194 g/mol. The Morgan fingerprint density at radius 1 is 1.71 bits per heavy atom. The van der Waals surface area contributed by atoms with E-state index in [1.165, 1.54) is 12.0 Å². The SMILES string of the molecule is Cn1cc(C2CCNC(CN)C2)cn1. The fourth-order valence-corrected chi connectivity index (χ4v) is 2.14. The maximum Gasteiger partial charge on any atom is 0.0524 e. The summed E-state index contributed by atoms with van der Waals surface area (Å²) in [6.07, 6.45) is 6.43. The average Bonchev–Trinajstić information content (AvgIpc) is 2.65. The summed E-state index contributed by atoms with van der Waals surface area (Å²) in [6.45, 7) is 1.80. The van der Waals surface area contributed by atoms with Gasteiger partial charge in [-0.2, -0.15) is 5.10 Å². The predicted octanol–water partition coefficient (Wildman–Crippen LogP) is 0.214. The van der Waals surface area contributed by atoms with E-state index >= 15 is 0 Å². The molecule has 1 aromatic heterocycles. The van der Waals surface area contributed by atoms with Gasteiger partial charge in [0, 0.05) is 25.8 Å². The standard InChI is InChI=1S/C10H18N4/c1-14-7-9(6-13-14)8-2-3-12-10(4-8)5-11/h6-8,10,12H,2-5,11H2,1H3. The molecule has 3 N–H and O–H groups in total. The molecule has 14 heavy (non-hydrogen) atoms. The topological polar surface area (TPSA) is 55.9 Å².